The minimum absolute atomic E-state index is 0. The monoisotopic (exact) mass is 441 g/mol. The molecule has 0 N–H and O–H groups in total. The zero-order valence-electron chi connectivity index (χ0n) is 17.5. The van der Waals surface area contributed by atoms with Gasteiger partial charge in [-0.25, -0.2) is 13.1 Å². The molecule has 1 saturated heterocycles. The summed E-state index contributed by atoms with van der Waals surface area (Å²) in [6.07, 6.45) is 0.884. The summed E-state index contributed by atoms with van der Waals surface area (Å²) in [5.74, 6) is 0.832. The van der Waals surface area contributed by atoms with Crippen molar-refractivity contribution in [3.05, 3.63) is 35.7 Å². The number of piperazine rings is 1. The predicted octanol–water partition coefficient (Wildman–Crippen LogP) is -1.25. The van der Waals surface area contributed by atoms with Crippen LogP contribution < -0.4 is 12.4 Å². The van der Waals surface area contributed by atoms with Crippen molar-refractivity contribution in [1.29, 1.82) is 0 Å². The van der Waals surface area contributed by atoms with Crippen LogP contribution in [0.25, 0.3) is 0 Å². The molecule has 0 saturated carbocycles. The Kier molecular flexibility index (Phi) is 8.16. The van der Waals surface area contributed by atoms with Crippen LogP contribution in [-0.4, -0.2) is 71.7 Å². The molecule has 1 atom stereocenters. The summed E-state index contributed by atoms with van der Waals surface area (Å²) in [4.78, 5) is 4.97. The van der Waals surface area contributed by atoms with Crippen molar-refractivity contribution >= 4 is 9.84 Å². The molecule has 0 radical (unpaired) electrons. The topological polar surface area (TPSA) is 84.2 Å². The number of tetrazole rings is 1. The maximum Gasteiger partial charge on any atom is 0.198 e. The molecule has 1 fully saturated rings. The molecule has 1 aliphatic rings. The molecule has 1 unspecified atom stereocenters. The zero-order chi connectivity index (χ0) is 20.3. The SMILES string of the molecule is Cc1ccc(S(=O)(=O)Cn2nnnc2C(CC(C)C)N2CCN(C)CC2)cc1.[Cl-]. The fourth-order valence-corrected chi connectivity index (χ4v) is 4.73. The van der Waals surface area contributed by atoms with Crippen molar-refractivity contribution in [1.82, 2.24) is 30.0 Å². The van der Waals surface area contributed by atoms with Gasteiger partial charge in [0.15, 0.2) is 21.5 Å². The first kappa shape index (κ1) is 23.7. The van der Waals surface area contributed by atoms with Gasteiger partial charge in [0, 0.05) is 26.2 Å². The van der Waals surface area contributed by atoms with Gasteiger partial charge in [0.1, 0.15) is 0 Å². The van der Waals surface area contributed by atoms with Crippen molar-refractivity contribution in [2.45, 2.75) is 44.0 Å². The average Bonchev–Trinajstić information content (AvgIpc) is 3.08. The molecule has 10 heteroatoms. The van der Waals surface area contributed by atoms with Crippen molar-refractivity contribution < 1.29 is 20.8 Å². The van der Waals surface area contributed by atoms with E-state index in [0.717, 1.165) is 38.2 Å². The lowest BCUT2D eigenvalue weighted by molar-refractivity contribution is -0.00000889. The number of benzene rings is 1. The predicted molar refractivity (Wildman–Crippen MR) is 107 cm³/mol. The van der Waals surface area contributed by atoms with Crippen LogP contribution in [-0.2, 0) is 15.7 Å². The van der Waals surface area contributed by atoms with E-state index in [-0.39, 0.29) is 24.3 Å². The molecule has 29 heavy (non-hydrogen) atoms. The fraction of sp³-hybridized carbons (Fsp3) is 0.632. The largest absolute Gasteiger partial charge is 1.00 e. The Morgan fingerprint density at radius 3 is 2.28 bits per heavy atom. The number of hydrogen-bond acceptors (Lipinski definition) is 7. The highest BCUT2D eigenvalue weighted by atomic mass is 35.5. The first-order chi connectivity index (χ1) is 13.3. The summed E-state index contributed by atoms with van der Waals surface area (Å²) in [6, 6.07) is 6.90. The quantitative estimate of drug-likeness (QED) is 0.531. The van der Waals surface area contributed by atoms with Crippen molar-refractivity contribution in [3.8, 4) is 0 Å². The first-order valence-corrected chi connectivity index (χ1v) is 11.4. The van der Waals surface area contributed by atoms with E-state index >= 15 is 0 Å². The van der Waals surface area contributed by atoms with Crippen molar-refractivity contribution in [2.75, 3.05) is 33.2 Å². The van der Waals surface area contributed by atoms with Crippen LogP contribution in [0.1, 0.15) is 37.7 Å². The second-order valence-corrected chi connectivity index (χ2v) is 10.0. The van der Waals surface area contributed by atoms with Gasteiger partial charge in [0.2, 0.25) is 0 Å². The van der Waals surface area contributed by atoms with Crippen LogP contribution in [0, 0.1) is 12.8 Å². The van der Waals surface area contributed by atoms with E-state index in [2.05, 4.69) is 46.2 Å². The number of nitrogens with zero attached hydrogens (tertiary/aromatic N) is 6. The summed E-state index contributed by atoms with van der Waals surface area (Å²) in [7, 11) is -1.41. The van der Waals surface area contributed by atoms with Crippen LogP contribution >= 0.6 is 0 Å². The molecule has 3 rings (SSSR count). The van der Waals surface area contributed by atoms with Crippen LogP contribution in [0.5, 0.6) is 0 Å². The number of aromatic nitrogens is 4. The number of sulfone groups is 1. The van der Waals surface area contributed by atoms with Crippen LogP contribution in [0.4, 0.5) is 0 Å². The van der Waals surface area contributed by atoms with E-state index in [1.54, 1.807) is 24.3 Å². The van der Waals surface area contributed by atoms with Gasteiger partial charge in [-0.15, -0.1) is 5.10 Å². The maximum absolute atomic E-state index is 12.9. The van der Waals surface area contributed by atoms with Crippen molar-refractivity contribution in [3.63, 3.8) is 0 Å². The summed E-state index contributed by atoms with van der Waals surface area (Å²) >= 11 is 0. The third kappa shape index (κ3) is 5.97. The third-order valence-electron chi connectivity index (χ3n) is 5.20. The third-order valence-corrected chi connectivity index (χ3v) is 6.78. The van der Waals surface area contributed by atoms with E-state index in [1.165, 1.54) is 4.68 Å². The Hall–Kier alpha value is -1.55. The number of rotatable bonds is 7. The maximum atomic E-state index is 12.9. The Balaban J connectivity index is 0.00000300. The van der Waals surface area contributed by atoms with E-state index < -0.39 is 9.84 Å². The molecular weight excluding hydrogens is 412 g/mol. The first-order valence-electron chi connectivity index (χ1n) is 9.74. The van der Waals surface area contributed by atoms with Gasteiger partial charge in [-0.05, 0) is 48.9 Å². The number of halogens is 1. The lowest BCUT2D eigenvalue weighted by Gasteiger charge is -2.37. The molecule has 1 aromatic carbocycles. The average molecular weight is 442 g/mol. The van der Waals surface area contributed by atoms with Crippen LogP contribution in [0.3, 0.4) is 0 Å². The Morgan fingerprint density at radius 2 is 1.69 bits per heavy atom. The van der Waals surface area contributed by atoms with Gasteiger partial charge in [-0.1, -0.05) is 31.5 Å². The molecule has 0 bridgehead atoms. The summed E-state index contributed by atoms with van der Waals surface area (Å²) in [6.45, 7) is 10.1. The van der Waals surface area contributed by atoms with Gasteiger partial charge in [0.25, 0.3) is 0 Å². The molecule has 8 nitrogen and oxygen atoms in total. The second-order valence-electron chi connectivity index (χ2n) is 8.08. The number of likely N-dealkylation sites (N-methyl/N-ethyl adjacent to an activating group) is 1. The lowest BCUT2D eigenvalue weighted by atomic mass is 10.0. The van der Waals surface area contributed by atoms with Gasteiger partial charge in [0.05, 0.1) is 10.9 Å². The molecule has 2 heterocycles. The van der Waals surface area contributed by atoms with E-state index in [0.29, 0.717) is 16.6 Å². The standard InChI is InChI=1S/C19H30N6O2S.ClH/c1-15(2)13-18(24-11-9-23(4)10-12-24)19-20-21-22-25(19)14-28(26,27)17-7-5-16(3)6-8-17;/h5-8,15,18H,9-14H2,1-4H3;1H/p-1. The lowest BCUT2D eigenvalue weighted by Crippen LogP contribution is -3.00. The highest BCUT2D eigenvalue weighted by Crippen LogP contribution is 2.27. The molecule has 0 aliphatic carbocycles. The molecule has 1 aliphatic heterocycles. The summed E-state index contributed by atoms with van der Waals surface area (Å²) in [5.41, 5.74) is 1.02. The minimum Gasteiger partial charge on any atom is -1.00 e. The zero-order valence-corrected chi connectivity index (χ0v) is 19.1. The van der Waals surface area contributed by atoms with Gasteiger partial charge in [-0.2, -0.15) is 0 Å². The summed E-state index contributed by atoms with van der Waals surface area (Å²) in [5, 5.41) is 12.1. The fourth-order valence-electron chi connectivity index (χ4n) is 3.52. The molecule has 1 aromatic heterocycles. The minimum atomic E-state index is -3.53. The van der Waals surface area contributed by atoms with E-state index in [9.17, 15) is 8.42 Å². The summed E-state index contributed by atoms with van der Waals surface area (Å²) < 4.78 is 27.2. The Labute approximate surface area is 179 Å². The van der Waals surface area contributed by atoms with E-state index in [4.69, 9.17) is 0 Å². The second kappa shape index (κ2) is 9.97. The molecular formula is C19H30ClN6O2S-. The number of hydrogen-bond donors (Lipinski definition) is 0. The van der Waals surface area contributed by atoms with Crippen LogP contribution in [0.15, 0.2) is 29.2 Å². The van der Waals surface area contributed by atoms with E-state index in [1.807, 2.05) is 6.92 Å². The molecule has 0 amide bonds. The van der Waals surface area contributed by atoms with Crippen LogP contribution in [0.2, 0.25) is 0 Å². The van der Waals surface area contributed by atoms with Gasteiger partial charge < -0.3 is 17.3 Å². The molecule has 0 spiro atoms. The van der Waals surface area contributed by atoms with Crippen molar-refractivity contribution in [2.24, 2.45) is 5.92 Å². The van der Waals surface area contributed by atoms with Gasteiger partial charge in [-0.3, -0.25) is 4.90 Å². The number of aryl methyl sites for hydroxylation is 1. The highest BCUT2D eigenvalue weighted by Gasteiger charge is 2.30. The Morgan fingerprint density at radius 1 is 1.07 bits per heavy atom. The Bertz CT molecular complexity index is 876. The van der Waals surface area contributed by atoms with Gasteiger partial charge >= 0.3 is 0 Å². The molecule has 162 valence electrons. The smallest absolute Gasteiger partial charge is 0.198 e. The normalized spacial score (nSPS) is 17.3. The highest BCUT2D eigenvalue weighted by molar-refractivity contribution is 7.90. The molecule has 2 aromatic rings.